The standard InChI is InChI=1S/C14H17N3O3.ClH/c18-13-11-6-7-16(8-10-4-2-1-3-5-10)9-12(11)15-14(19)17(13)20;/h1-5,11-12,20H,6-9H2,(H,15,19);1H. The maximum atomic E-state index is 11.8. The second-order valence-electron chi connectivity index (χ2n) is 5.32. The summed E-state index contributed by atoms with van der Waals surface area (Å²) in [4.78, 5) is 25.5. The van der Waals surface area contributed by atoms with E-state index >= 15 is 0 Å². The van der Waals surface area contributed by atoms with Crippen molar-refractivity contribution in [1.82, 2.24) is 15.3 Å². The number of fused-ring (bicyclic) bond motifs is 1. The fraction of sp³-hybridized carbons (Fsp3) is 0.429. The fourth-order valence-electron chi connectivity index (χ4n) is 2.92. The normalized spacial score (nSPS) is 25.9. The van der Waals surface area contributed by atoms with E-state index in [0.29, 0.717) is 13.0 Å². The number of carbonyl (C=O) groups is 2. The van der Waals surface area contributed by atoms with Crippen molar-refractivity contribution in [2.75, 3.05) is 13.1 Å². The Balaban J connectivity index is 0.00000161. The minimum atomic E-state index is -0.724. The minimum Gasteiger partial charge on any atom is -0.331 e. The first kappa shape index (κ1) is 15.8. The van der Waals surface area contributed by atoms with E-state index in [4.69, 9.17) is 0 Å². The molecule has 0 bridgehead atoms. The van der Waals surface area contributed by atoms with Crippen LogP contribution in [0.25, 0.3) is 0 Å². The lowest BCUT2D eigenvalue weighted by molar-refractivity contribution is -0.164. The van der Waals surface area contributed by atoms with E-state index in [0.717, 1.165) is 13.1 Å². The maximum absolute atomic E-state index is 11.8. The number of rotatable bonds is 2. The molecule has 2 saturated heterocycles. The zero-order valence-corrected chi connectivity index (χ0v) is 12.3. The average molecular weight is 312 g/mol. The van der Waals surface area contributed by atoms with E-state index in [1.54, 1.807) is 0 Å². The van der Waals surface area contributed by atoms with E-state index in [9.17, 15) is 14.8 Å². The van der Waals surface area contributed by atoms with Crippen molar-refractivity contribution in [3.05, 3.63) is 35.9 Å². The van der Waals surface area contributed by atoms with Gasteiger partial charge in [-0.05, 0) is 18.5 Å². The summed E-state index contributed by atoms with van der Waals surface area (Å²) in [7, 11) is 0. The van der Waals surface area contributed by atoms with Crippen LogP contribution in [0.5, 0.6) is 0 Å². The van der Waals surface area contributed by atoms with Crippen LogP contribution in [0.2, 0.25) is 0 Å². The predicted molar refractivity (Wildman–Crippen MR) is 78.0 cm³/mol. The lowest BCUT2D eigenvalue weighted by atomic mass is 9.89. The van der Waals surface area contributed by atoms with E-state index in [2.05, 4.69) is 22.3 Å². The van der Waals surface area contributed by atoms with Crippen LogP contribution in [0.1, 0.15) is 12.0 Å². The van der Waals surface area contributed by atoms with Crippen LogP contribution in [0.15, 0.2) is 30.3 Å². The first-order valence-corrected chi connectivity index (χ1v) is 6.75. The number of nitrogens with zero attached hydrogens (tertiary/aromatic N) is 2. The van der Waals surface area contributed by atoms with Crippen LogP contribution < -0.4 is 5.32 Å². The summed E-state index contributed by atoms with van der Waals surface area (Å²) in [6.45, 7) is 2.22. The Bertz CT molecular complexity index is 525. The highest BCUT2D eigenvalue weighted by Gasteiger charge is 2.43. The molecule has 2 fully saturated rings. The molecule has 7 heteroatoms. The highest BCUT2D eigenvalue weighted by atomic mass is 35.5. The van der Waals surface area contributed by atoms with Crippen molar-refractivity contribution in [3.8, 4) is 0 Å². The highest BCUT2D eigenvalue weighted by molar-refractivity contribution is 5.97. The number of carbonyl (C=O) groups excluding carboxylic acids is 2. The second kappa shape index (κ2) is 6.43. The third-order valence-corrected chi connectivity index (χ3v) is 3.97. The topological polar surface area (TPSA) is 72.9 Å². The first-order valence-electron chi connectivity index (χ1n) is 6.75. The quantitative estimate of drug-likeness (QED) is 0.806. The van der Waals surface area contributed by atoms with Gasteiger partial charge in [-0.2, -0.15) is 0 Å². The van der Waals surface area contributed by atoms with E-state index in [-0.39, 0.29) is 29.4 Å². The summed E-state index contributed by atoms with van der Waals surface area (Å²) in [5.74, 6) is -0.803. The average Bonchev–Trinajstić information content (AvgIpc) is 2.46. The predicted octanol–water partition coefficient (Wildman–Crippen LogP) is 1.24. The summed E-state index contributed by atoms with van der Waals surface area (Å²) in [6.07, 6.45) is 0.647. The zero-order chi connectivity index (χ0) is 14.1. The minimum absolute atomic E-state index is 0. The Labute approximate surface area is 129 Å². The molecule has 2 aliphatic rings. The van der Waals surface area contributed by atoms with Crippen molar-refractivity contribution >= 4 is 24.3 Å². The fourth-order valence-corrected chi connectivity index (χ4v) is 2.92. The molecule has 2 aliphatic heterocycles. The number of likely N-dealkylation sites (tertiary alicyclic amines) is 1. The van der Waals surface area contributed by atoms with Gasteiger partial charge in [-0.25, -0.2) is 4.79 Å². The van der Waals surface area contributed by atoms with Gasteiger partial charge in [0.2, 0.25) is 0 Å². The molecule has 3 amide bonds. The molecule has 0 spiro atoms. The molecule has 2 unspecified atom stereocenters. The lowest BCUT2D eigenvalue weighted by Gasteiger charge is -2.41. The van der Waals surface area contributed by atoms with Gasteiger partial charge >= 0.3 is 6.03 Å². The Morgan fingerprint density at radius 3 is 2.67 bits per heavy atom. The van der Waals surface area contributed by atoms with Gasteiger partial charge in [0, 0.05) is 13.1 Å². The van der Waals surface area contributed by atoms with Crippen LogP contribution in [-0.2, 0) is 11.3 Å². The molecule has 114 valence electrons. The van der Waals surface area contributed by atoms with Gasteiger partial charge < -0.3 is 5.32 Å². The summed E-state index contributed by atoms with van der Waals surface area (Å²) < 4.78 is 0. The molecule has 2 atom stereocenters. The van der Waals surface area contributed by atoms with Crippen LogP contribution in [-0.4, -0.2) is 46.2 Å². The Morgan fingerprint density at radius 2 is 1.95 bits per heavy atom. The first-order chi connectivity index (χ1) is 9.65. The smallest absolute Gasteiger partial charge is 0.331 e. The van der Waals surface area contributed by atoms with Crippen molar-refractivity contribution in [2.45, 2.75) is 19.0 Å². The van der Waals surface area contributed by atoms with Gasteiger partial charge in [-0.15, -0.1) is 17.5 Å². The lowest BCUT2D eigenvalue weighted by Crippen LogP contribution is -2.64. The summed E-state index contributed by atoms with van der Waals surface area (Å²) in [5, 5.41) is 12.2. The van der Waals surface area contributed by atoms with Gasteiger partial charge in [0.05, 0.1) is 12.0 Å². The monoisotopic (exact) mass is 311 g/mol. The molecule has 2 heterocycles. The Hall–Kier alpha value is -1.63. The second-order valence-corrected chi connectivity index (χ2v) is 5.32. The molecular formula is C14H18ClN3O3. The van der Waals surface area contributed by atoms with Crippen LogP contribution in [0.3, 0.4) is 0 Å². The SMILES string of the molecule is Cl.O=C1NC2CN(Cc3ccccc3)CCC2C(=O)N1O. The van der Waals surface area contributed by atoms with Crippen molar-refractivity contribution < 1.29 is 14.8 Å². The van der Waals surface area contributed by atoms with Crippen LogP contribution >= 0.6 is 12.4 Å². The number of benzene rings is 1. The van der Waals surface area contributed by atoms with Gasteiger partial charge in [-0.3, -0.25) is 14.9 Å². The number of hydroxylamine groups is 2. The molecule has 0 aromatic heterocycles. The van der Waals surface area contributed by atoms with Crippen LogP contribution in [0.4, 0.5) is 4.79 Å². The highest BCUT2D eigenvalue weighted by Crippen LogP contribution is 2.24. The maximum Gasteiger partial charge on any atom is 0.348 e. The van der Waals surface area contributed by atoms with Gasteiger partial charge in [0.1, 0.15) is 0 Å². The zero-order valence-electron chi connectivity index (χ0n) is 11.4. The number of hydrogen-bond donors (Lipinski definition) is 2. The molecule has 0 saturated carbocycles. The Morgan fingerprint density at radius 1 is 1.24 bits per heavy atom. The van der Waals surface area contributed by atoms with Crippen molar-refractivity contribution in [3.63, 3.8) is 0 Å². The van der Waals surface area contributed by atoms with Gasteiger partial charge in [0.25, 0.3) is 5.91 Å². The summed E-state index contributed by atoms with van der Waals surface area (Å²) in [5.41, 5.74) is 1.21. The third-order valence-electron chi connectivity index (χ3n) is 3.97. The number of urea groups is 1. The molecule has 3 rings (SSSR count). The number of amides is 3. The van der Waals surface area contributed by atoms with E-state index < -0.39 is 11.9 Å². The van der Waals surface area contributed by atoms with E-state index in [1.165, 1.54) is 5.56 Å². The summed E-state index contributed by atoms with van der Waals surface area (Å²) >= 11 is 0. The summed E-state index contributed by atoms with van der Waals surface area (Å²) in [6, 6.07) is 9.16. The Kier molecular flexibility index (Phi) is 4.82. The van der Waals surface area contributed by atoms with Gasteiger partial charge in [0.15, 0.2) is 0 Å². The molecule has 1 aromatic carbocycles. The number of piperidine rings is 1. The van der Waals surface area contributed by atoms with Gasteiger partial charge in [-0.1, -0.05) is 30.3 Å². The van der Waals surface area contributed by atoms with E-state index in [1.807, 2.05) is 18.2 Å². The largest absolute Gasteiger partial charge is 0.348 e. The number of halogens is 1. The molecule has 1 aromatic rings. The molecule has 0 radical (unpaired) electrons. The van der Waals surface area contributed by atoms with Crippen molar-refractivity contribution in [1.29, 1.82) is 0 Å². The molecule has 6 nitrogen and oxygen atoms in total. The molecule has 21 heavy (non-hydrogen) atoms. The van der Waals surface area contributed by atoms with Crippen LogP contribution in [0, 0.1) is 5.92 Å². The van der Waals surface area contributed by atoms with Crippen molar-refractivity contribution in [2.24, 2.45) is 5.92 Å². The third kappa shape index (κ3) is 3.18. The molecular weight excluding hydrogens is 294 g/mol. The number of nitrogens with one attached hydrogen (secondary N) is 1. The molecule has 2 N–H and O–H groups in total. The number of hydrogen-bond acceptors (Lipinski definition) is 4. The number of imide groups is 1. The molecule has 0 aliphatic carbocycles.